The number of rotatable bonds is 10. The van der Waals surface area contributed by atoms with E-state index in [-0.39, 0.29) is 18.5 Å². The first kappa shape index (κ1) is 24.8. The molecule has 7 nitrogen and oxygen atoms in total. The van der Waals surface area contributed by atoms with Crippen LogP contribution >= 0.6 is 0 Å². The molecule has 0 saturated carbocycles. The number of hydrogen-bond acceptors (Lipinski definition) is 6. The van der Waals surface area contributed by atoms with Crippen molar-refractivity contribution in [1.29, 1.82) is 0 Å². The van der Waals surface area contributed by atoms with Crippen molar-refractivity contribution in [3.8, 4) is 11.5 Å². The first-order valence-corrected chi connectivity index (χ1v) is 11.8. The third-order valence-electron chi connectivity index (χ3n) is 6.56. The summed E-state index contributed by atoms with van der Waals surface area (Å²) in [5.74, 6) is 0.451. The molecule has 2 atom stereocenters. The van der Waals surface area contributed by atoms with Gasteiger partial charge in [-0.2, -0.15) is 0 Å². The van der Waals surface area contributed by atoms with Gasteiger partial charge in [-0.1, -0.05) is 6.92 Å². The molecule has 1 aromatic carbocycles. The van der Waals surface area contributed by atoms with Crippen LogP contribution in [0, 0.1) is 0 Å². The van der Waals surface area contributed by atoms with Gasteiger partial charge in [0.2, 0.25) is 5.79 Å². The Labute approximate surface area is 197 Å². The van der Waals surface area contributed by atoms with E-state index >= 15 is 0 Å². The number of nitrogens with one attached hydrogen (secondary N) is 1. The van der Waals surface area contributed by atoms with Crippen LogP contribution in [0.3, 0.4) is 0 Å². The van der Waals surface area contributed by atoms with Crippen molar-refractivity contribution >= 4 is 12.2 Å². The number of nitrogens with two attached hydrogens (primary N) is 1. The lowest BCUT2D eigenvalue weighted by molar-refractivity contribution is -0.105. The van der Waals surface area contributed by atoms with Crippen LogP contribution in [0.15, 0.2) is 35.1 Å². The number of carbonyl (C=O) groups is 2. The Bertz CT molecular complexity index is 969. The van der Waals surface area contributed by atoms with Crippen LogP contribution in [-0.4, -0.2) is 49.1 Å². The average molecular weight is 456 g/mol. The summed E-state index contributed by atoms with van der Waals surface area (Å²) in [6.07, 6.45) is 6.98. The van der Waals surface area contributed by atoms with E-state index in [1.165, 1.54) is 0 Å². The average Bonchev–Trinajstić information content (AvgIpc) is 3.12. The van der Waals surface area contributed by atoms with Crippen LogP contribution in [0.25, 0.3) is 0 Å². The molecule has 0 spiro atoms. The Morgan fingerprint density at radius 2 is 2.00 bits per heavy atom. The lowest BCUT2D eigenvalue weighted by Gasteiger charge is -2.29. The van der Waals surface area contributed by atoms with Gasteiger partial charge in [0.1, 0.15) is 6.29 Å². The van der Waals surface area contributed by atoms with Crippen LogP contribution in [0.5, 0.6) is 11.5 Å². The van der Waals surface area contributed by atoms with Gasteiger partial charge in [0.15, 0.2) is 11.5 Å². The van der Waals surface area contributed by atoms with Crippen molar-refractivity contribution in [3.05, 3.63) is 46.2 Å². The van der Waals surface area contributed by atoms with Crippen LogP contribution in [-0.2, 0) is 11.2 Å². The highest BCUT2D eigenvalue weighted by molar-refractivity contribution is 5.98. The van der Waals surface area contributed by atoms with E-state index < -0.39 is 5.79 Å². The quantitative estimate of drug-likeness (QED) is 0.317. The zero-order valence-corrected chi connectivity index (χ0v) is 20.5. The van der Waals surface area contributed by atoms with Gasteiger partial charge >= 0.3 is 0 Å². The van der Waals surface area contributed by atoms with Gasteiger partial charge in [0.05, 0.1) is 0 Å². The second-order valence-electron chi connectivity index (χ2n) is 9.23. The molecule has 3 rings (SSSR count). The van der Waals surface area contributed by atoms with Gasteiger partial charge in [-0.25, -0.2) is 0 Å². The van der Waals surface area contributed by atoms with Gasteiger partial charge in [-0.05, 0) is 68.9 Å². The van der Waals surface area contributed by atoms with E-state index in [1.807, 2.05) is 40.0 Å². The minimum Gasteiger partial charge on any atom is -0.449 e. The fraction of sp³-hybridized carbons (Fsp3) is 0.538. The molecule has 2 heterocycles. The van der Waals surface area contributed by atoms with Crippen molar-refractivity contribution in [1.82, 2.24) is 10.2 Å². The Kier molecular flexibility index (Phi) is 7.84. The van der Waals surface area contributed by atoms with Crippen molar-refractivity contribution in [3.63, 3.8) is 0 Å². The second-order valence-corrected chi connectivity index (χ2v) is 9.23. The van der Waals surface area contributed by atoms with Gasteiger partial charge in [0, 0.05) is 56.4 Å². The number of hydrogen-bond donors (Lipinski definition) is 2. The highest BCUT2D eigenvalue weighted by atomic mass is 16.7. The number of nitrogens with zero attached hydrogens (tertiary/aromatic N) is 1. The summed E-state index contributed by atoms with van der Waals surface area (Å²) in [5, 5.41) is 3.05. The smallest absolute Gasteiger partial charge is 0.254 e. The number of ether oxygens (including phenoxy) is 2. The Morgan fingerprint density at radius 1 is 1.30 bits per heavy atom. The number of carbonyl (C=O) groups excluding carboxylic acids is 2. The molecule has 0 saturated heterocycles. The van der Waals surface area contributed by atoms with Crippen molar-refractivity contribution in [2.75, 3.05) is 20.1 Å². The first-order valence-electron chi connectivity index (χ1n) is 11.8. The third kappa shape index (κ3) is 5.77. The molecule has 7 heteroatoms. The molecular formula is C26H37N3O4. The molecule has 3 N–H and O–H groups in total. The van der Waals surface area contributed by atoms with Crippen molar-refractivity contribution in [2.45, 2.75) is 71.6 Å². The van der Waals surface area contributed by atoms with Crippen molar-refractivity contribution < 1.29 is 19.1 Å². The number of allylic oxidation sites excluding steroid dienone is 3. The van der Waals surface area contributed by atoms with Crippen molar-refractivity contribution in [2.24, 2.45) is 5.73 Å². The lowest BCUT2D eigenvalue weighted by Crippen LogP contribution is -2.39. The van der Waals surface area contributed by atoms with E-state index in [2.05, 4.69) is 12.2 Å². The second kappa shape index (κ2) is 10.4. The molecule has 1 amide bonds. The predicted octanol–water partition coefficient (Wildman–Crippen LogP) is 3.72. The minimum absolute atomic E-state index is 0.0911. The Hall–Kier alpha value is -2.80. The van der Waals surface area contributed by atoms with E-state index in [0.29, 0.717) is 35.6 Å². The van der Waals surface area contributed by atoms with E-state index in [9.17, 15) is 9.59 Å². The molecule has 1 aromatic rings. The maximum absolute atomic E-state index is 13.3. The minimum atomic E-state index is -0.746. The molecule has 0 radical (unpaired) electrons. The summed E-state index contributed by atoms with van der Waals surface area (Å²) >= 11 is 0. The SMILES string of the molecule is CCC(N)CCCC1(C)Oc2cc3c(cc2O1)C(=O)N(C/C(C=O)=C(C)/C=C(/C)NC)CC3. The van der Waals surface area contributed by atoms with E-state index in [4.69, 9.17) is 15.2 Å². The fourth-order valence-electron chi connectivity index (χ4n) is 4.27. The van der Waals surface area contributed by atoms with Gasteiger partial charge < -0.3 is 25.4 Å². The molecule has 0 aliphatic carbocycles. The predicted molar refractivity (Wildman–Crippen MR) is 129 cm³/mol. The number of amides is 1. The molecule has 180 valence electrons. The molecule has 2 aliphatic heterocycles. The van der Waals surface area contributed by atoms with Gasteiger partial charge in [-0.15, -0.1) is 0 Å². The monoisotopic (exact) mass is 455 g/mol. The highest BCUT2D eigenvalue weighted by Crippen LogP contribution is 2.44. The third-order valence-corrected chi connectivity index (χ3v) is 6.56. The van der Waals surface area contributed by atoms with Gasteiger partial charge in [-0.3, -0.25) is 9.59 Å². The summed E-state index contributed by atoms with van der Waals surface area (Å²) in [6, 6.07) is 3.92. The first-order chi connectivity index (χ1) is 15.7. The fourth-order valence-corrected chi connectivity index (χ4v) is 4.27. The van der Waals surface area contributed by atoms with Crippen LogP contribution in [0.2, 0.25) is 0 Å². The molecule has 2 aliphatic rings. The maximum atomic E-state index is 13.3. The Morgan fingerprint density at radius 3 is 2.64 bits per heavy atom. The number of fused-ring (bicyclic) bond motifs is 2. The highest BCUT2D eigenvalue weighted by Gasteiger charge is 2.38. The molecule has 33 heavy (non-hydrogen) atoms. The van der Waals surface area contributed by atoms with Crippen LogP contribution in [0.1, 0.15) is 69.3 Å². The van der Waals surface area contributed by atoms with E-state index in [1.54, 1.807) is 11.0 Å². The zero-order valence-electron chi connectivity index (χ0n) is 20.5. The molecular weight excluding hydrogens is 418 g/mol. The molecule has 2 unspecified atom stereocenters. The van der Waals surface area contributed by atoms with Gasteiger partial charge in [0.25, 0.3) is 5.91 Å². The maximum Gasteiger partial charge on any atom is 0.254 e. The topological polar surface area (TPSA) is 93.9 Å². The van der Waals surface area contributed by atoms with E-state index in [0.717, 1.165) is 48.8 Å². The molecule has 0 aromatic heterocycles. The summed E-state index contributed by atoms with van der Waals surface area (Å²) in [7, 11) is 1.83. The number of aldehydes is 1. The summed E-state index contributed by atoms with van der Waals surface area (Å²) < 4.78 is 12.3. The largest absolute Gasteiger partial charge is 0.449 e. The van der Waals surface area contributed by atoms with Crippen LogP contribution < -0.4 is 20.5 Å². The zero-order chi connectivity index (χ0) is 24.2. The van der Waals surface area contributed by atoms with Crippen LogP contribution in [0.4, 0.5) is 0 Å². The number of benzene rings is 1. The molecule has 0 bridgehead atoms. The summed E-state index contributed by atoms with van der Waals surface area (Å²) in [4.78, 5) is 26.7. The lowest BCUT2D eigenvalue weighted by atomic mass is 9.97. The normalized spacial score (nSPS) is 21.5. The standard InChI is InChI=1S/C26H37N3O4/c1-6-21(27)8-7-10-26(4)32-23-13-19-9-11-29(25(31)22(19)14-24(23)33-26)15-20(16-30)17(2)12-18(3)28-5/h12-14,16,21,28H,6-11,15,27H2,1-5H3/b18-12-,20-17-. The summed E-state index contributed by atoms with van der Waals surface area (Å²) in [5.41, 5.74) is 10.0. The Balaban J connectivity index is 1.74. The summed E-state index contributed by atoms with van der Waals surface area (Å²) in [6.45, 7) is 8.68. The molecule has 0 fully saturated rings.